The van der Waals surface area contributed by atoms with E-state index in [-0.39, 0.29) is 18.4 Å². The number of benzene rings is 5. The van der Waals surface area contributed by atoms with E-state index in [0.29, 0.717) is 31.3 Å². The Kier molecular flexibility index (Phi) is 15.2. The average Bonchev–Trinajstić information content (AvgIpc) is 3.73. The highest BCUT2D eigenvalue weighted by atomic mass is 16.6. The van der Waals surface area contributed by atoms with Crippen molar-refractivity contribution in [1.82, 2.24) is 15.3 Å². The number of nitrogens with zero attached hydrogens (tertiary/aromatic N) is 1. The maximum Gasteiger partial charge on any atom is 0.344 e. The molecular weight excluding hydrogens is 739 g/mol. The molecular formula is C50H49N3O6. The van der Waals surface area contributed by atoms with Crippen LogP contribution in [0.5, 0.6) is 5.75 Å². The van der Waals surface area contributed by atoms with E-state index in [4.69, 9.17) is 19.2 Å². The standard InChI is InChI=1S/C50H49N3O6/c1-3-5-34-58-47(56)35-59-43-28-26-41(27-29-43)49-48(52-50(53-49)42-24-18-37(19-25-42)21-31-46(55)57-4-2)40-22-16-36(17-23-40)20-30-45(54)51-33-32-44(38-12-8-6-9-13-38)39-14-10-7-11-15-39/h6-31,44H,3-5,32-35H2,1-2H3,(H,51,54)(H,52,53)/b30-20+,31-21+. The summed E-state index contributed by atoms with van der Waals surface area (Å²) in [5, 5.41) is 3.06. The minimum Gasteiger partial charge on any atom is -0.482 e. The zero-order valence-corrected chi connectivity index (χ0v) is 33.4. The predicted molar refractivity (Wildman–Crippen MR) is 233 cm³/mol. The van der Waals surface area contributed by atoms with Gasteiger partial charge in [-0.25, -0.2) is 14.6 Å². The lowest BCUT2D eigenvalue weighted by Crippen LogP contribution is -2.23. The fourth-order valence-electron chi connectivity index (χ4n) is 6.49. The van der Waals surface area contributed by atoms with Crippen LogP contribution in [0.25, 0.3) is 46.1 Å². The molecule has 0 aliphatic heterocycles. The summed E-state index contributed by atoms with van der Waals surface area (Å²) < 4.78 is 15.9. The summed E-state index contributed by atoms with van der Waals surface area (Å²) in [6, 6.07) is 43.8. The van der Waals surface area contributed by atoms with Gasteiger partial charge < -0.3 is 24.5 Å². The zero-order chi connectivity index (χ0) is 41.2. The van der Waals surface area contributed by atoms with Gasteiger partial charge in [0.05, 0.1) is 24.6 Å². The molecule has 300 valence electrons. The second kappa shape index (κ2) is 21.5. The molecule has 2 N–H and O–H groups in total. The van der Waals surface area contributed by atoms with Gasteiger partial charge in [0.1, 0.15) is 11.6 Å². The molecule has 0 saturated carbocycles. The van der Waals surface area contributed by atoms with E-state index >= 15 is 0 Å². The van der Waals surface area contributed by atoms with Crippen molar-refractivity contribution in [3.05, 3.63) is 168 Å². The molecule has 0 radical (unpaired) electrons. The van der Waals surface area contributed by atoms with Gasteiger partial charge in [-0.3, -0.25) is 4.79 Å². The Bertz CT molecular complexity index is 2280. The van der Waals surface area contributed by atoms with Crippen LogP contribution in [0.3, 0.4) is 0 Å². The number of aromatic amines is 1. The minimum atomic E-state index is -0.404. The van der Waals surface area contributed by atoms with Gasteiger partial charge in [0.2, 0.25) is 5.91 Å². The van der Waals surface area contributed by atoms with Crippen LogP contribution >= 0.6 is 0 Å². The molecule has 6 aromatic rings. The highest BCUT2D eigenvalue weighted by molar-refractivity contribution is 5.92. The Balaban J connectivity index is 1.16. The van der Waals surface area contributed by atoms with Gasteiger partial charge in [-0.05, 0) is 78.4 Å². The Morgan fingerprint density at radius 2 is 1.29 bits per heavy atom. The SMILES string of the molecule is CCCCOC(=O)COc1ccc(-c2nc(-c3ccc(/C=C/C(=O)OCC)cc3)[nH]c2-c2ccc(/C=C/C(=O)NCCC(c3ccccc3)c3ccccc3)cc2)cc1. The van der Waals surface area contributed by atoms with Gasteiger partial charge >= 0.3 is 11.9 Å². The Morgan fingerprint density at radius 3 is 1.90 bits per heavy atom. The minimum absolute atomic E-state index is 0.155. The monoisotopic (exact) mass is 787 g/mol. The number of rotatable bonds is 19. The Morgan fingerprint density at radius 1 is 0.695 bits per heavy atom. The van der Waals surface area contributed by atoms with Crippen LogP contribution < -0.4 is 10.1 Å². The average molecular weight is 788 g/mol. The van der Waals surface area contributed by atoms with Crippen molar-refractivity contribution in [1.29, 1.82) is 0 Å². The highest BCUT2D eigenvalue weighted by Gasteiger charge is 2.17. The van der Waals surface area contributed by atoms with Crippen molar-refractivity contribution >= 4 is 30.0 Å². The number of unbranched alkanes of at least 4 members (excludes halogenated alkanes) is 1. The molecule has 0 unspecified atom stereocenters. The molecule has 9 nitrogen and oxygen atoms in total. The van der Waals surface area contributed by atoms with Crippen LogP contribution in [0, 0.1) is 0 Å². The molecule has 0 atom stereocenters. The Labute approximate surface area is 345 Å². The fraction of sp³-hybridized carbons (Fsp3) is 0.200. The van der Waals surface area contributed by atoms with Crippen molar-refractivity contribution in [2.75, 3.05) is 26.4 Å². The largest absolute Gasteiger partial charge is 0.482 e. The van der Waals surface area contributed by atoms with E-state index in [2.05, 4.69) is 34.6 Å². The van der Waals surface area contributed by atoms with Gasteiger partial charge in [-0.15, -0.1) is 0 Å². The maximum atomic E-state index is 12.9. The van der Waals surface area contributed by atoms with Crippen molar-refractivity contribution in [2.45, 2.75) is 39.0 Å². The third-order valence-electron chi connectivity index (χ3n) is 9.59. The lowest BCUT2D eigenvalue weighted by molar-refractivity contribution is -0.146. The fourth-order valence-corrected chi connectivity index (χ4v) is 6.49. The first-order valence-electron chi connectivity index (χ1n) is 20.0. The number of carbonyl (C=O) groups excluding carboxylic acids is 3. The second-order valence-electron chi connectivity index (χ2n) is 13.8. The smallest absolute Gasteiger partial charge is 0.344 e. The summed E-state index contributed by atoms with van der Waals surface area (Å²) in [6.45, 7) is 4.87. The molecule has 1 aromatic heterocycles. The number of esters is 2. The number of aromatic nitrogens is 2. The molecule has 1 heterocycles. The van der Waals surface area contributed by atoms with Crippen LogP contribution in [-0.2, 0) is 23.9 Å². The number of ether oxygens (including phenoxy) is 3. The third kappa shape index (κ3) is 12.2. The molecule has 0 spiro atoms. The number of hydrogen-bond donors (Lipinski definition) is 2. The van der Waals surface area contributed by atoms with Crippen LogP contribution in [-0.4, -0.2) is 54.2 Å². The van der Waals surface area contributed by atoms with Crippen LogP contribution in [0.2, 0.25) is 0 Å². The van der Waals surface area contributed by atoms with Crippen LogP contribution in [0.15, 0.2) is 146 Å². The summed E-state index contributed by atoms with van der Waals surface area (Å²) in [5.41, 5.74) is 8.29. The molecule has 0 saturated heterocycles. The van der Waals surface area contributed by atoms with Crippen LogP contribution in [0.4, 0.5) is 0 Å². The third-order valence-corrected chi connectivity index (χ3v) is 9.59. The van der Waals surface area contributed by atoms with Crippen molar-refractivity contribution in [3.63, 3.8) is 0 Å². The number of hydrogen-bond acceptors (Lipinski definition) is 7. The first kappa shape index (κ1) is 41.6. The Hall–Kier alpha value is -7.00. The van der Waals surface area contributed by atoms with E-state index in [1.807, 2.05) is 104 Å². The lowest BCUT2D eigenvalue weighted by atomic mass is 9.88. The number of amides is 1. The lowest BCUT2D eigenvalue weighted by Gasteiger charge is -2.18. The highest BCUT2D eigenvalue weighted by Crippen LogP contribution is 2.34. The summed E-state index contributed by atoms with van der Waals surface area (Å²) in [7, 11) is 0. The molecule has 5 aromatic carbocycles. The van der Waals surface area contributed by atoms with Crippen molar-refractivity contribution < 1.29 is 28.6 Å². The summed E-state index contributed by atoms with van der Waals surface area (Å²) in [6.07, 6.45) is 9.02. The van der Waals surface area contributed by atoms with Gasteiger partial charge in [-0.1, -0.05) is 123 Å². The van der Waals surface area contributed by atoms with E-state index in [1.165, 1.54) is 17.2 Å². The summed E-state index contributed by atoms with van der Waals surface area (Å²) in [4.78, 5) is 45.3. The van der Waals surface area contributed by atoms with E-state index in [0.717, 1.165) is 58.5 Å². The maximum absolute atomic E-state index is 12.9. The quantitative estimate of drug-likeness (QED) is 0.0477. The first-order chi connectivity index (χ1) is 28.9. The summed E-state index contributed by atoms with van der Waals surface area (Å²) >= 11 is 0. The predicted octanol–water partition coefficient (Wildman–Crippen LogP) is 10.1. The van der Waals surface area contributed by atoms with Gasteiger partial charge in [0.15, 0.2) is 6.61 Å². The molecule has 0 aliphatic rings. The van der Waals surface area contributed by atoms with Crippen molar-refractivity contribution in [2.24, 2.45) is 0 Å². The number of H-pyrrole nitrogens is 1. The second-order valence-corrected chi connectivity index (χ2v) is 13.8. The first-order valence-corrected chi connectivity index (χ1v) is 20.0. The van der Waals surface area contributed by atoms with E-state index in [9.17, 15) is 14.4 Å². The molecule has 6 rings (SSSR count). The van der Waals surface area contributed by atoms with E-state index < -0.39 is 11.9 Å². The van der Waals surface area contributed by atoms with Gasteiger partial charge in [0.25, 0.3) is 0 Å². The number of imidazole rings is 1. The molecule has 59 heavy (non-hydrogen) atoms. The molecule has 0 aliphatic carbocycles. The molecule has 0 bridgehead atoms. The number of nitrogens with one attached hydrogen (secondary N) is 2. The number of carbonyl (C=O) groups is 3. The van der Waals surface area contributed by atoms with E-state index in [1.54, 1.807) is 37.3 Å². The molecule has 0 fully saturated rings. The van der Waals surface area contributed by atoms with Gasteiger partial charge in [0, 0.05) is 41.3 Å². The van der Waals surface area contributed by atoms with Gasteiger partial charge in [-0.2, -0.15) is 0 Å². The molecule has 9 heteroatoms. The van der Waals surface area contributed by atoms with Crippen LogP contribution in [0.1, 0.15) is 61.3 Å². The molecule has 1 amide bonds. The van der Waals surface area contributed by atoms with Crippen molar-refractivity contribution in [3.8, 4) is 39.7 Å². The topological polar surface area (TPSA) is 120 Å². The normalized spacial score (nSPS) is 11.2. The summed E-state index contributed by atoms with van der Waals surface area (Å²) in [5.74, 6) is 0.428. The zero-order valence-electron chi connectivity index (χ0n) is 33.4.